The number of carboxylic acids is 1. The van der Waals surface area contributed by atoms with Crippen molar-refractivity contribution < 1.29 is 14.7 Å². The third kappa shape index (κ3) is 3.20. The molecule has 0 saturated heterocycles. The maximum atomic E-state index is 12.3. The van der Waals surface area contributed by atoms with Crippen LogP contribution in [-0.4, -0.2) is 17.0 Å². The number of halogens is 1. The second-order valence-corrected chi connectivity index (χ2v) is 6.36. The van der Waals surface area contributed by atoms with Crippen LogP contribution in [0.2, 0.25) is 0 Å². The molecule has 1 aliphatic rings. The first-order valence-corrected chi connectivity index (χ1v) is 7.48. The number of aliphatic carboxylic acids is 1. The standard InChI is InChI=1S/C15H18BrNO3/c1-8-5-12(16)6-9(2)13(8)17-14(18)10-3-4-11(7-10)15(19)20/h5-6,10-11H,3-4,7H2,1-2H3,(H,17,18)(H,19,20)/t10-,11+/m1/s1. The van der Waals surface area contributed by atoms with Gasteiger partial charge in [0, 0.05) is 16.1 Å². The Hall–Kier alpha value is -1.36. The Morgan fingerprint density at radius 3 is 2.25 bits per heavy atom. The molecular formula is C15H18BrNO3. The van der Waals surface area contributed by atoms with E-state index in [-0.39, 0.29) is 17.7 Å². The molecule has 0 aromatic heterocycles. The normalized spacial score (nSPS) is 21.8. The number of benzene rings is 1. The first-order valence-electron chi connectivity index (χ1n) is 6.69. The minimum atomic E-state index is -0.795. The van der Waals surface area contributed by atoms with Gasteiger partial charge < -0.3 is 10.4 Å². The molecule has 5 heteroatoms. The topological polar surface area (TPSA) is 66.4 Å². The van der Waals surface area contributed by atoms with Crippen LogP contribution in [0.5, 0.6) is 0 Å². The Morgan fingerprint density at radius 2 is 1.75 bits per heavy atom. The lowest BCUT2D eigenvalue weighted by atomic mass is 10.0. The molecule has 2 atom stereocenters. The maximum absolute atomic E-state index is 12.3. The highest BCUT2D eigenvalue weighted by atomic mass is 79.9. The van der Waals surface area contributed by atoms with E-state index >= 15 is 0 Å². The number of hydrogen-bond donors (Lipinski definition) is 2. The van der Waals surface area contributed by atoms with Gasteiger partial charge in [0.15, 0.2) is 0 Å². The molecular weight excluding hydrogens is 322 g/mol. The zero-order chi connectivity index (χ0) is 14.9. The molecule has 0 heterocycles. The predicted molar refractivity (Wildman–Crippen MR) is 80.7 cm³/mol. The van der Waals surface area contributed by atoms with E-state index in [4.69, 9.17) is 5.11 Å². The van der Waals surface area contributed by atoms with E-state index in [1.54, 1.807) is 0 Å². The minimum absolute atomic E-state index is 0.0673. The molecule has 1 fully saturated rings. The molecule has 0 radical (unpaired) electrons. The van der Waals surface area contributed by atoms with Gasteiger partial charge in [-0.05, 0) is 56.4 Å². The van der Waals surface area contributed by atoms with E-state index in [0.29, 0.717) is 19.3 Å². The third-order valence-corrected chi connectivity index (χ3v) is 4.36. The number of rotatable bonds is 3. The summed E-state index contributed by atoms with van der Waals surface area (Å²) in [4.78, 5) is 23.2. The van der Waals surface area contributed by atoms with Crippen LogP contribution < -0.4 is 5.32 Å². The van der Waals surface area contributed by atoms with Crippen LogP contribution in [0, 0.1) is 25.7 Å². The van der Waals surface area contributed by atoms with Crippen LogP contribution in [0.25, 0.3) is 0 Å². The van der Waals surface area contributed by atoms with E-state index in [9.17, 15) is 9.59 Å². The minimum Gasteiger partial charge on any atom is -0.481 e. The summed E-state index contributed by atoms with van der Waals surface area (Å²) >= 11 is 3.43. The molecule has 20 heavy (non-hydrogen) atoms. The Bertz CT molecular complexity index is 533. The van der Waals surface area contributed by atoms with Crippen molar-refractivity contribution >= 4 is 33.5 Å². The molecule has 2 N–H and O–H groups in total. The lowest BCUT2D eigenvalue weighted by molar-refractivity contribution is -0.141. The number of aryl methyl sites for hydroxylation is 2. The van der Waals surface area contributed by atoms with Crippen LogP contribution in [0.4, 0.5) is 5.69 Å². The summed E-state index contributed by atoms with van der Waals surface area (Å²) in [6.07, 6.45) is 1.68. The van der Waals surface area contributed by atoms with Crippen molar-refractivity contribution in [3.63, 3.8) is 0 Å². The number of carbonyl (C=O) groups is 2. The second-order valence-electron chi connectivity index (χ2n) is 5.45. The first kappa shape index (κ1) is 15.0. The van der Waals surface area contributed by atoms with Gasteiger partial charge in [-0.25, -0.2) is 0 Å². The zero-order valence-corrected chi connectivity index (χ0v) is 13.2. The largest absolute Gasteiger partial charge is 0.481 e. The van der Waals surface area contributed by atoms with Crippen molar-refractivity contribution in [1.82, 2.24) is 0 Å². The highest BCUT2D eigenvalue weighted by Crippen LogP contribution is 2.33. The Morgan fingerprint density at radius 1 is 1.20 bits per heavy atom. The van der Waals surface area contributed by atoms with Gasteiger partial charge in [-0.3, -0.25) is 9.59 Å². The smallest absolute Gasteiger partial charge is 0.306 e. The van der Waals surface area contributed by atoms with Crippen LogP contribution in [0.1, 0.15) is 30.4 Å². The summed E-state index contributed by atoms with van der Waals surface area (Å²) in [5.74, 6) is -1.44. The lowest BCUT2D eigenvalue weighted by Crippen LogP contribution is -2.22. The Kier molecular flexibility index (Phi) is 4.48. The van der Waals surface area contributed by atoms with Gasteiger partial charge in [0.1, 0.15) is 0 Å². The molecule has 108 valence electrons. The van der Waals surface area contributed by atoms with E-state index in [0.717, 1.165) is 21.3 Å². The molecule has 0 spiro atoms. The van der Waals surface area contributed by atoms with Gasteiger partial charge in [-0.15, -0.1) is 0 Å². The van der Waals surface area contributed by atoms with Crippen molar-refractivity contribution in [2.24, 2.45) is 11.8 Å². The highest BCUT2D eigenvalue weighted by Gasteiger charge is 2.34. The Balaban J connectivity index is 2.08. The number of hydrogen-bond acceptors (Lipinski definition) is 2. The molecule has 0 bridgehead atoms. The fraction of sp³-hybridized carbons (Fsp3) is 0.467. The molecule has 2 rings (SSSR count). The fourth-order valence-corrected chi connectivity index (χ4v) is 3.46. The molecule has 1 saturated carbocycles. The molecule has 1 aliphatic carbocycles. The van der Waals surface area contributed by atoms with E-state index < -0.39 is 5.97 Å². The van der Waals surface area contributed by atoms with E-state index in [1.807, 2.05) is 26.0 Å². The molecule has 1 aromatic rings. The van der Waals surface area contributed by atoms with Gasteiger partial charge in [0.05, 0.1) is 5.92 Å². The average Bonchev–Trinajstić information content (AvgIpc) is 2.83. The highest BCUT2D eigenvalue weighted by molar-refractivity contribution is 9.10. The monoisotopic (exact) mass is 339 g/mol. The van der Waals surface area contributed by atoms with Crippen LogP contribution in [-0.2, 0) is 9.59 Å². The van der Waals surface area contributed by atoms with Crippen LogP contribution >= 0.6 is 15.9 Å². The molecule has 0 unspecified atom stereocenters. The quantitative estimate of drug-likeness (QED) is 0.885. The van der Waals surface area contributed by atoms with Crippen molar-refractivity contribution in [1.29, 1.82) is 0 Å². The van der Waals surface area contributed by atoms with Crippen LogP contribution in [0.3, 0.4) is 0 Å². The number of nitrogens with one attached hydrogen (secondary N) is 1. The van der Waals surface area contributed by atoms with E-state index in [2.05, 4.69) is 21.2 Å². The summed E-state index contributed by atoms with van der Waals surface area (Å²) in [5.41, 5.74) is 2.83. The van der Waals surface area contributed by atoms with E-state index in [1.165, 1.54) is 0 Å². The fourth-order valence-electron chi connectivity index (χ4n) is 2.78. The summed E-state index contributed by atoms with van der Waals surface area (Å²) in [7, 11) is 0. The Labute approximate surface area is 126 Å². The van der Waals surface area contributed by atoms with Gasteiger partial charge in [0.25, 0.3) is 0 Å². The van der Waals surface area contributed by atoms with Crippen LogP contribution in [0.15, 0.2) is 16.6 Å². The third-order valence-electron chi connectivity index (χ3n) is 3.90. The predicted octanol–water partition coefficient (Wildman–Crippen LogP) is 3.51. The molecule has 0 aliphatic heterocycles. The number of carboxylic acid groups (broad SMARTS) is 1. The van der Waals surface area contributed by atoms with Crippen molar-refractivity contribution in [3.8, 4) is 0 Å². The molecule has 1 aromatic carbocycles. The second kappa shape index (κ2) is 5.95. The first-order chi connectivity index (χ1) is 9.38. The van der Waals surface area contributed by atoms with Gasteiger partial charge in [-0.2, -0.15) is 0 Å². The SMILES string of the molecule is Cc1cc(Br)cc(C)c1NC(=O)[C@@H]1CC[C@H](C(=O)O)C1. The van der Waals surface area contributed by atoms with Gasteiger partial charge >= 0.3 is 5.97 Å². The summed E-state index contributed by atoms with van der Waals surface area (Å²) in [6, 6.07) is 3.91. The number of carbonyl (C=O) groups excluding carboxylic acids is 1. The van der Waals surface area contributed by atoms with Gasteiger partial charge in [0.2, 0.25) is 5.91 Å². The zero-order valence-electron chi connectivity index (χ0n) is 11.6. The molecule has 1 amide bonds. The number of amides is 1. The van der Waals surface area contributed by atoms with Crippen molar-refractivity contribution in [3.05, 3.63) is 27.7 Å². The lowest BCUT2D eigenvalue weighted by Gasteiger charge is -2.15. The van der Waals surface area contributed by atoms with Gasteiger partial charge in [-0.1, -0.05) is 15.9 Å². The molecule has 4 nitrogen and oxygen atoms in total. The van der Waals surface area contributed by atoms with Crippen molar-refractivity contribution in [2.45, 2.75) is 33.1 Å². The number of anilines is 1. The maximum Gasteiger partial charge on any atom is 0.306 e. The summed E-state index contributed by atoms with van der Waals surface area (Å²) < 4.78 is 0.984. The summed E-state index contributed by atoms with van der Waals surface area (Å²) in [6.45, 7) is 3.89. The average molecular weight is 340 g/mol. The van der Waals surface area contributed by atoms with Crippen molar-refractivity contribution in [2.75, 3.05) is 5.32 Å². The summed E-state index contributed by atoms with van der Waals surface area (Å²) in [5, 5.41) is 11.9.